The molecule has 0 aliphatic rings. The predicted molar refractivity (Wildman–Crippen MR) is 98.8 cm³/mol. The number of hydrogen-bond acceptors (Lipinski definition) is 2. The number of nitrogens with one attached hydrogen (secondary N) is 2. The van der Waals surface area contributed by atoms with Crippen molar-refractivity contribution in [2.45, 2.75) is 13.5 Å². The Labute approximate surface area is 149 Å². The average molecular weight is 359 g/mol. The molecule has 3 aromatic rings. The molecule has 0 spiro atoms. The van der Waals surface area contributed by atoms with Crippen LogP contribution in [0.4, 0.5) is 14.9 Å². The number of anilines is 1. The maximum Gasteiger partial charge on any atom is 0.339 e. The lowest BCUT2D eigenvalue weighted by molar-refractivity contribution is 0.252. The Morgan fingerprint density at radius 2 is 1.96 bits per heavy atom. The van der Waals surface area contributed by atoms with Crippen molar-refractivity contribution in [3.63, 3.8) is 0 Å². The van der Waals surface area contributed by atoms with Crippen LogP contribution in [0.25, 0.3) is 10.9 Å². The van der Waals surface area contributed by atoms with E-state index in [1.54, 1.807) is 12.1 Å². The van der Waals surface area contributed by atoms with Gasteiger partial charge < -0.3 is 9.88 Å². The van der Waals surface area contributed by atoms with Crippen molar-refractivity contribution in [2.24, 2.45) is 5.10 Å². The van der Waals surface area contributed by atoms with Crippen molar-refractivity contribution in [1.29, 1.82) is 0 Å². The van der Waals surface area contributed by atoms with Gasteiger partial charge in [-0.3, -0.25) is 0 Å². The lowest BCUT2D eigenvalue weighted by Gasteiger charge is -2.04. The Kier molecular flexibility index (Phi) is 5.00. The van der Waals surface area contributed by atoms with E-state index < -0.39 is 11.8 Å². The molecular weight excluding hydrogens is 343 g/mol. The molecule has 1 aromatic heterocycles. The fourth-order valence-corrected chi connectivity index (χ4v) is 2.96. The molecular formula is C18H16ClFN4O. The van der Waals surface area contributed by atoms with Crippen LogP contribution in [-0.4, -0.2) is 16.8 Å². The molecule has 1 heterocycles. The van der Waals surface area contributed by atoms with Gasteiger partial charge in [0, 0.05) is 23.0 Å². The summed E-state index contributed by atoms with van der Waals surface area (Å²) in [5, 5.41) is 7.79. The van der Waals surface area contributed by atoms with Crippen LogP contribution in [0, 0.1) is 5.82 Å². The number of para-hydroxylation sites is 2. The van der Waals surface area contributed by atoms with Gasteiger partial charge in [0.15, 0.2) is 0 Å². The molecule has 128 valence electrons. The normalized spacial score (nSPS) is 11.2. The fraction of sp³-hybridized carbons (Fsp3) is 0.111. The number of hydrogen-bond donors (Lipinski definition) is 2. The van der Waals surface area contributed by atoms with Crippen LogP contribution in [0.5, 0.6) is 0 Å². The minimum absolute atomic E-state index is 0.0795. The number of carbonyl (C=O) groups is 1. The highest BCUT2D eigenvalue weighted by atomic mass is 35.5. The van der Waals surface area contributed by atoms with E-state index in [4.69, 9.17) is 11.6 Å². The Morgan fingerprint density at radius 1 is 1.24 bits per heavy atom. The van der Waals surface area contributed by atoms with E-state index in [-0.39, 0.29) is 5.69 Å². The number of benzene rings is 2. The van der Waals surface area contributed by atoms with Crippen LogP contribution in [0.3, 0.4) is 0 Å². The number of aryl methyl sites for hydroxylation is 1. The highest BCUT2D eigenvalue weighted by molar-refractivity contribution is 6.34. The third-order valence-electron chi connectivity index (χ3n) is 3.74. The molecule has 0 aliphatic carbocycles. The van der Waals surface area contributed by atoms with Gasteiger partial charge in [0.1, 0.15) is 11.0 Å². The molecule has 0 saturated carbocycles. The summed E-state index contributed by atoms with van der Waals surface area (Å²) >= 11 is 6.41. The van der Waals surface area contributed by atoms with Gasteiger partial charge in [-0.2, -0.15) is 5.10 Å². The maximum atomic E-state index is 13.5. The largest absolute Gasteiger partial charge is 0.339 e. The van der Waals surface area contributed by atoms with E-state index in [9.17, 15) is 9.18 Å². The standard InChI is InChI=1S/C18H16ClFN4O/c1-2-24-16-10-6-3-7-12(16)13(17(24)19)11-21-23-18(25)22-15-9-5-4-8-14(15)20/h3-11H,2H2,1H3,(H2,22,23,25). The zero-order chi connectivity index (χ0) is 17.8. The highest BCUT2D eigenvalue weighted by Crippen LogP contribution is 2.28. The molecule has 0 bridgehead atoms. The van der Waals surface area contributed by atoms with Gasteiger partial charge in [0.05, 0.1) is 11.9 Å². The summed E-state index contributed by atoms with van der Waals surface area (Å²) in [6.45, 7) is 2.72. The number of amides is 2. The summed E-state index contributed by atoms with van der Waals surface area (Å²) in [6, 6.07) is 13.0. The molecule has 0 unspecified atom stereocenters. The van der Waals surface area contributed by atoms with Crippen molar-refractivity contribution in [3.8, 4) is 0 Å². The number of carbonyl (C=O) groups excluding carboxylic acids is 1. The SMILES string of the molecule is CCn1c(Cl)c(C=NNC(=O)Nc2ccccc2F)c2ccccc21. The number of rotatable bonds is 4. The van der Waals surface area contributed by atoms with Gasteiger partial charge in [-0.25, -0.2) is 14.6 Å². The molecule has 0 aliphatic heterocycles. The molecule has 0 fully saturated rings. The van der Waals surface area contributed by atoms with Crippen molar-refractivity contribution in [2.75, 3.05) is 5.32 Å². The second kappa shape index (κ2) is 7.36. The van der Waals surface area contributed by atoms with E-state index >= 15 is 0 Å². The van der Waals surface area contributed by atoms with Gasteiger partial charge >= 0.3 is 6.03 Å². The first kappa shape index (κ1) is 17.0. The first-order valence-electron chi connectivity index (χ1n) is 7.73. The highest BCUT2D eigenvalue weighted by Gasteiger charge is 2.12. The Balaban J connectivity index is 1.77. The first-order valence-corrected chi connectivity index (χ1v) is 8.11. The van der Waals surface area contributed by atoms with Gasteiger partial charge in [0.2, 0.25) is 0 Å². The summed E-state index contributed by atoms with van der Waals surface area (Å²) in [6.07, 6.45) is 1.48. The van der Waals surface area contributed by atoms with Gasteiger partial charge in [-0.15, -0.1) is 0 Å². The molecule has 0 radical (unpaired) electrons. The lowest BCUT2D eigenvalue weighted by Crippen LogP contribution is -2.24. The van der Waals surface area contributed by atoms with E-state index in [0.717, 1.165) is 10.9 Å². The van der Waals surface area contributed by atoms with E-state index in [2.05, 4.69) is 15.8 Å². The molecule has 0 saturated heterocycles. The number of aromatic nitrogens is 1. The molecule has 7 heteroatoms. The Hall–Kier alpha value is -2.86. The van der Waals surface area contributed by atoms with Crippen molar-refractivity contribution in [3.05, 3.63) is 65.1 Å². The van der Waals surface area contributed by atoms with E-state index in [0.29, 0.717) is 17.3 Å². The van der Waals surface area contributed by atoms with Crippen LogP contribution >= 0.6 is 11.6 Å². The minimum atomic E-state index is -0.642. The van der Waals surface area contributed by atoms with Crippen molar-refractivity contribution < 1.29 is 9.18 Å². The third kappa shape index (κ3) is 3.49. The smallest absolute Gasteiger partial charge is 0.331 e. The van der Waals surface area contributed by atoms with Crippen LogP contribution in [-0.2, 0) is 6.54 Å². The summed E-state index contributed by atoms with van der Waals surface area (Å²) in [7, 11) is 0. The van der Waals surface area contributed by atoms with Gasteiger partial charge in [-0.1, -0.05) is 41.9 Å². The zero-order valence-corrected chi connectivity index (χ0v) is 14.2. The first-order chi connectivity index (χ1) is 12.1. The molecule has 2 N–H and O–H groups in total. The number of hydrazone groups is 1. The number of fused-ring (bicyclic) bond motifs is 1. The second-order valence-electron chi connectivity index (χ2n) is 5.27. The van der Waals surface area contributed by atoms with Crippen molar-refractivity contribution >= 4 is 40.4 Å². The summed E-state index contributed by atoms with van der Waals surface area (Å²) in [5.74, 6) is -0.518. The van der Waals surface area contributed by atoms with Crippen LogP contribution < -0.4 is 10.7 Å². The second-order valence-corrected chi connectivity index (χ2v) is 5.63. The number of nitrogens with zero attached hydrogens (tertiary/aromatic N) is 2. The van der Waals surface area contributed by atoms with E-state index in [1.807, 2.05) is 35.8 Å². The average Bonchev–Trinajstić information content (AvgIpc) is 2.88. The zero-order valence-electron chi connectivity index (χ0n) is 13.5. The molecule has 5 nitrogen and oxygen atoms in total. The number of urea groups is 1. The lowest BCUT2D eigenvalue weighted by atomic mass is 10.2. The minimum Gasteiger partial charge on any atom is -0.331 e. The number of halogens is 2. The fourth-order valence-electron chi connectivity index (χ4n) is 2.60. The van der Waals surface area contributed by atoms with Gasteiger partial charge in [-0.05, 0) is 25.1 Å². The quantitative estimate of drug-likeness (QED) is 0.519. The van der Waals surface area contributed by atoms with Crippen molar-refractivity contribution in [1.82, 2.24) is 9.99 Å². The van der Waals surface area contributed by atoms with E-state index in [1.165, 1.54) is 18.3 Å². The molecule has 3 rings (SSSR count). The summed E-state index contributed by atoms with van der Waals surface area (Å²) < 4.78 is 15.5. The Morgan fingerprint density at radius 3 is 2.72 bits per heavy atom. The molecule has 2 amide bonds. The van der Waals surface area contributed by atoms with Crippen LogP contribution in [0.2, 0.25) is 5.15 Å². The summed E-state index contributed by atoms with van der Waals surface area (Å²) in [4.78, 5) is 11.8. The van der Waals surface area contributed by atoms with Crippen LogP contribution in [0.15, 0.2) is 53.6 Å². The molecule has 2 aromatic carbocycles. The monoisotopic (exact) mass is 358 g/mol. The molecule has 0 atom stereocenters. The van der Waals surface area contributed by atoms with Crippen LogP contribution in [0.1, 0.15) is 12.5 Å². The van der Waals surface area contributed by atoms with Gasteiger partial charge in [0.25, 0.3) is 0 Å². The Bertz CT molecular complexity index is 951. The topological polar surface area (TPSA) is 58.4 Å². The molecule has 25 heavy (non-hydrogen) atoms. The predicted octanol–water partition coefficient (Wildman–Crippen LogP) is 4.61. The third-order valence-corrected chi connectivity index (χ3v) is 4.15. The maximum absolute atomic E-state index is 13.5. The summed E-state index contributed by atoms with van der Waals surface area (Å²) in [5.41, 5.74) is 4.10.